The maximum Gasteiger partial charge on any atom is 0.433 e. The molecular weight excluding hydrogens is 371 g/mol. The van der Waals surface area contributed by atoms with Crippen molar-refractivity contribution in [1.29, 1.82) is 0 Å². The first-order chi connectivity index (χ1) is 13.4. The zero-order valence-electron chi connectivity index (χ0n) is 15.9. The van der Waals surface area contributed by atoms with Crippen LogP contribution in [0.5, 0.6) is 0 Å². The number of alkyl halides is 3. The lowest BCUT2D eigenvalue weighted by molar-refractivity contribution is -0.141. The molecule has 1 amide bonds. The Balaban J connectivity index is 1.36. The summed E-state index contributed by atoms with van der Waals surface area (Å²) in [4.78, 5) is 25.7. The van der Waals surface area contributed by atoms with Crippen LogP contribution in [0.25, 0.3) is 0 Å². The largest absolute Gasteiger partial charge is 0.433 e. The van der Waals surface area contributed by atoms with Crippen LogP contribution in [0.15, 0.2) is 12.4 Å². The predicted octanol–water partition coefficient (Wildman–Crippen LogP) is 2.55. The number of amides is 1. The molecule has 1 aromatic heterocycles. The third kappa shape index (κ3) is 4.39. The second-order valence-corrected chi connectivity index (χ2v) is 7.95. The van der Waals surface area contributed by atoms with Crippen molar-refractivity contribution in [3.8, 4) is 0 Å². The van der Waals surface area contributed by atoms with Gasteiger partial charge in [-0.1, -0.05) is 0 Å². The van der Waals surface area contributed by atoms with Crippen molar-refractivity contribution in [2.45, 2.75) is 56.8 Å². The van der Waals surface area contributed by atoms with Crippen molar-refractivity contribution in [1.82, 2.24) is 19.8 Å². The Morgan fingerprint density at radius 3 is 2.36 bits per heavy atom. The van der Waals surface area contributed by atoms with Crippen molar-refractivity contribution >= 4 is 11.7 Å². The van der Waals surface area contributed by atoms with E-state index in [0.717, 1.165) is 77.2 Å². The minimum Gasteiger partial charge on any atom is -0.350 e. The summed E-state index contributed by atoms with van der Waals surface area (Å²) in [6.45, 7) is 4.30. The van der Waals surface area contributed by atoms with Gasteiger partial charge in [0.05, 0.1) is 0 Å². The number of carbonyl (C=O) groups is 1. The second kappa shape index (κ2) is 7.85. The van der Waals surface area contributed by atoms with Crippen molar-refractivity contribution in [2.24, 2.45) is 0 Å². The second-order valence-electron chi connectivity index (χ2n) is 7.95. The van der Waals surface area contributed by atoms with Crippen LogP contribution in [-0.2, 0) is 11.0 Å². The molecule has 2 saturated heterocycles. The normalized spacial score (nSPS) is 22.1. The van der Waals surface area contributed by atoms with Gasteiger partial charge in [0.1, 0.15) is 17.8 Å². The smallest absolute Gasteiger partial charge is 0.350 e. The minimum atomic E-state index is -4.46. The number of halogens is 3. The van der Waals surface area contributed by atoms with Gasteiger partial charge in [-0.05, 0) is 32.1 Å². The number of aromatic nitrogens is 2. The lowest BCUT2D eigenvalue weighted by atomic mass is 10.0. The van der Waals surface area contributed by atoms with E-state index < -0.39 is 11.9 Å². The minimum absolute atomic E-state index is 0.202. The molecule has 2 aliphatic heterocycles. The molecule has 0 spiro atoms. The third-order valence-electron chi connectivity index (χ3n) is 5.96. The SMILES string of the molecule is O=C1CCCN1CCN1CCC(N(c2cc(C(F)(F)F)ncn2)C2CC2)CC1. The van der Waals surface area contributed by atoms with E-state index in [1.54, 1.807) is 0 Å². The van der Waals surface area contributed by atoms with Crippen LogP contribution < -0.4 is 4.90 Å². The highest BCUT2D eigenvalue weighted by atomic mass is 19.4. The molecule has 4 rings (SSSR count). The molecular formula is C19H26F3N5O. The van der Waals surface area contributed by atoms with Gasteiger partial charge in [-0.3, -0.25) is 4.79 Å². The molecule has 0 bridgehead atoms. The van der Waals surface area contributed by atoms with Gasteiger partial charge in [0, 0.05) is 57.3 Å². The van der Waals surface area contributed by atoms with Crippen LogP contribution in [-0.4, -0.2) is 70.5 Å². The highest BCUT2D eigenvalue weighted by molar-refractivity contribution is 5.78. The molecule has 154 valence electrons. The van der Waals surface area contributed by atoms with E-state index in [9.17, 15) is 18.0 Å². The molecule has 0 atom stereocenters. The standard InChI is InChI=1S/C19H26F3N5O/c20-19(21,22)16-12-17(24-13-23-16)27(14-3-4-14)15-5-8-25(9-6-15)10-11-26-7-1-2-18(26)28/h12-15H,1-11H2. The number of carbonyl (C=O) groups excluding carboxylic acids is 1. The van der Waals surface area contributed by atoms with Crippen LogP contribution >= 0.6 is 0 Å². The van der Waals surface area contributed by atoms with Crippen molar-refractivity contribution in [3.05, 3.63) is 18.1 Å². The molecule has 3 fully saturated rings. The molecule has 3 aliphatic rings. The van der Waals surface area contributed by atoms with Crippen molar-refractivity contribution < 1.29 is 18.0 Å². The van der Waals surface area contributed by atoms with E-state index in [1.807, 2.05) is 4.90 Å². The average molecular weight is 397 g/mol. The number of nitrogens with zero attached hydrogens (tertiary/aromatic N) is 5. The summed E-state index contributed by atoms with van der Waals surface area (Å²) in [6.07, 6.45) is 1.99. The Bertz CT molecular complexity index is 701. The first kappa shape index (κ1) is 19.4. The first-order valence-electron chi connectivity index (χ1n) is 10.1. The molecule has 1 aliphatic carbocycles. The first-order valence-corrected chi connectivity index (χ1v) is 10.1. The van der Waals surface area contributed by atoms with Crippen LogP contribution in [0.4, 0.5) is 19.0 Å². The molecule has 3 heterocycles. The van der Waals surface area contributed by atoms with Gasteiger partial charge < -0.3 is 14.7 Å². The van der Waals surface area contributed by atoms with Gasteiger partial charge in [-0.15, -0.1) is 0 Å². The summed E-state index contributed by atoms with van der Waals surface area (Å²) in [7, 11) is 0. The van der Waals surface area contributed by atoms with E-state index in [2.05, 4.69) is 19.8 Å². The van der Waals surface area contributed by atoms with E-state index in [-0.39, 0.29) is 18.0 Å². The van der Waals surface area contributed by atoms with Crippen LogP contribution in [0.2, 0.25) is 0 Å². The van der Waals surface area contributed by atoms with Gasteiger partial charge >= 0.3 is 6.18 Å². The number of piperidine rings is 1. The average Bonchev–Trinajstić information content (AvgIpc) is 3.42. The zero-order valence-corrected chi connectivity index (χ0v) is 15.9. The summed E-state index contributed by atoms with van der Waals surface area (Å²) < 4.78 is 39.1. The van der Waals surface area contributed by atoms with Gasteiger partial charge in [-0.2, -0.15) is 13.2 Å². The van der Waals surface area contributed by atoms with Gasteiger partial charge in [-0.25, -0.2) is 9.97 Å². The van der Waals surface area contributed by atoms with Crippen molar-refractivity contribution in [3.63, 3.8) is 0 Å². The van der Waals surface area contributed by atoms with E-state index >= 15 is 0 Å². The molecule has 0 radical (unpaired) electrons. The molecule has 1 saturated carbocycles. The Kier molecular flexibility index (Phi) is 5.44. The molecule has 1 aromatic rings. The van der Waals surface area contributed by atoms with Gasteiger partial charge in [0.2, 0.25) is 5.91 Å². The summed E-state index contributed by atoms with van der Waals surface area (Å²) in [5, 5.41) is 0. The van der Waals surface area contributed by atoms with Gasteiger partial charge in [0.15, 0.2) is 0 Å². The van der Waals surface area contributed by atoms with Crippen LogP contribution in [0, 0.1) is 0 Å². The fourth-order valence-corrected chi connectivity index (χ4v) is 4.29. The quantitative estimate of drug-likeness (QED) is 0.739. The Hall–Kier alpha value is -1.90. The summed E-state index contributed by atoms with van der Waals surface area (Å²) >= 11 is 0. The maximum absolute atomic E-state index is 13.0. The highest BCUT2D eigenvalue weighted by Gasteiger charge is 2.39. The monoisotopic (exact) mass is 397 g/mol. The number of hydrogen-bond acceptors (Lipinski definition) is 5. The fraction of sp³-hybridized carbons (Fsp3) is 0.737. The van der Waals surface area contributed by atoms with Crippen LogP contribution in [0.3, 0.4) is 0 Å². The molecule has 28 heavy (non-hydrogen) atoms. The Morgan fingerprint density at radius 2 is 1.75 bits per heavy atom. The molecule has 0 unspecified atom stereocenters. The summed E-state index contributed by atoms with van der Waals surface area (Å²) in [5.41, 5.74) is -0.879. The fourth-order valence-electron chi connectivity index (χ4n) is 4.29. The molecule has 0 aromatic carbocycles. The number of hydrogen-bond donors (Lipinski definition) is 0. The number of anilines is 1. The highest BCUT2D eigenvalue weighted by Crippen LogP contribution is 2.37. The Morgan fingerprint density at radius 1 is 1.04 bits per heavy atom. The van der Waals surface area contributed by atoms with Crippen molar-refractivity contribution in [2.75, 3.05) is 37.6 Å². The van der Waals surface area contributed by atoms with E-state index in [1.165, 1.54) is 0 Å². The lowest BCUT2D eigenvalue weighted by Gasteiger charge is -2.39. The lowest BCUT2D eigenvalue weighted by Crippen LogP contribution is -2.48. The summed E-state index contributed by atoms with van der Waals surface area (Å²) in [6, 6.07) is 1.58. The predicted molar refractivity (Wildman–Crippen MR) is 97.8 cm³/mol. The molecule has 9 heteroatoms. The molecule has 0 N–H and O–H groups in total. The summed E-state index contributed by atoms with van der Waals surface area (Å²) in [5.74, 6) is 0.643. The molecule has 6 nitrogen and oxygen atoms in total. The number of rotatable bonds is 6. The van der Waals surface area contributed by atoms with E-state index in [4.69, 9.17) is 0 Å². The Labute approximate surface area is 162 Å². The number of likely N-dealkylation sites (tertiary alicyclic amines) is 2. The topological polar surface area (TPSA) is 52.6 Å². The third-order valence-corrected chi connectivity index (χ3v) is 5.96. The van der Waals surface area contributed by atoms with E-state index in [0.29, 0.717) is 12.2 Å². The van der Waals surface area contributed by atoms with Crippen LogP contribution in [0.1, 0.15) is 44.2 Å². The zero-order chi connectivity index (χ0) is 19.7. The van der Waals surface area contributed by atoms with Gasteiger partial charge in [0.25, 0.3) is 0 Å². The maximum atomic E-state index is 13.0.